The van der Waals surface area contributed by atoms with Gasteiger partial charge in [0.25, 0.3) is 0 Å². The number of hydrogen-bond acceptors (Lipinski definition) is 2. The number of nitrogens with zero attached hydrogens (tertiary/aromatic N) is 2. The molecule has 0 aliphatic rings. The number of nitrogens with two attached hydrogens (primary N) is 1. The van der Waals surface area contributed by atoms with E-state index >= 15 is 0 Å². The van der Waals surface area contributed by atoms with Crippen molar-refractivity contribution in [2.45, 2.75) is 13.0 Å². The number of aromatic nitrogens is 2. The molecule has 2 N–H and O–H groups in total. The number of halogens is 3. The van der Waals surface area contributed by atoms with E-state index in [2.05, 4.69) is 37.0 Å². The van der Waals surface area contributed by atoms with Crippen LogP contribution in [-0.2, 0) is 0 Å². The van der Waals surface area contributed by atoms with Gasteiger partial charge in [-0.15, -0.1) is 0 Å². The van der Waals surface area contributed by atoms with Gasteiger partial charge in [-0.05, 0) is 41.1 Å². The van der Waals surface area contributed by atoms with E-state index in [1.807, 2.05) is 6.92 Å². The molecule has 0 aliphatic heterocycles. The molecule has 6 heteroatoms. The molecule has 0 radical (unpaired) electrons. The molecule has 1 aromatic carbocycles. The van der Waals surface area contributed by atoms with Crippen LogP contribution in [0.1, 0.15) is 18.5 Å². The van der Waals surface area contributed by atoms with Gasteiger partial charge in [-0.1, -0.05) is 15.9 Å². The van der Waals surface area contributed by atoms with Crippen LogP contribution in [0.3, 0.4) is 0 Å². The molecule has 1 atom stereocenters. The zero-order chi connectivity index (χ0) is 12.6. The minimum Gasteiger partial charge on any atom is -0.383 e. The van der Waals surface area contributed by atoms with Gasteiger partial charge in [0.15, 0.2) is 0 Å². The highest BCUT2D eigenvalue weighted by atomic mass is 79.9. The summed E-state index contributed by atoms with van der Waals surface area (Å²) in [6.07, 6.45) is 1.60. The molecule has 17 heavy (non-hydrogen) atoms. The van der Waals surface area contributed by atoms with Gasteiger partial charge >= 0.3 is 0 Å². The Hall–Kier alpha value is -0.880. The predicted octanol–water partition coefficient (Wildman–Crippen LogP) is 3.74. The largest absolute Gasteiger partial charge is 0.383 e. The SMILES string of the molecule is CC(c1cc(Br)ccc1F)n1ncc(Br)c1N. The molecule has 90 valence electrons. The lowest BCUT2D eigenvalue weighted by Gasteiger charge is -2.15. The first-order chi connectivity index (χ1) is 8.00. The first-order valence-electron chi connectivity index (χ1n) is 4.94. The van der Waals surface area contributed by atoms with E-state index in [1.54, 1.807) is 23.0 Å². The lowest BCUT2D eigenvalue weighted by Crippen LogP contribution is -2.13. The third-order valence-electron chi connectivity index (χ3n) is 2.56. The molecule has 2 aromatic rings. The van der Waals surface area contributed by atoms with E-state index in [9.17, 15) is 4.39 Å². The zero-order valence-electron chi connectivity index (χ0n) is 8.99. The van der Waals surface area contributed by atoms with E-state index in [1.165, 1.54) is 6.07 Å². The van der Waals surface area contributed by atoms with Crippen LogP contribution >= 0.6 is 31.9 Å². The Kier molecular flexibility index (Phi) is 3.53. The minimum absolute atomic E-state index is 0.265. The summed E-state index contributed by atoms with van der Waals surface area (Å²) in [5, 5.41) is 4.13. The molecule has 1 unspecified atom stereocenters. The Balaban J connectivity index is 2.47. The zero-order valence-corrected chi connectivity index (χ0v) is 12.2. The molecule has 0 saturated heterocycles. The third-order valence-corrected chi connectivity index (χ3v) is 3.67. The van der Waals surface area contributed by atoms with Crippen molar-refractivity contribution in [1.82, 2.24) is 9.78 Å². The van der Waals surface area contributed by atoms with Crippen LogP contribution in [-0.4, -0.2) is 9.78 Å². The third kappa shape index (κ3) is 2.37. The van der Waals surface area contributed by atoms with Crippen molar-refractivity contribution in [3.63, 3.8) is 0 Å². The Morgan fingerprint density at radius 1 is 1.41 bits per heavy atom. The van der Waals surface area contributed by atoms with E-state index in [0.29, 0.717) is 15.9 Å². The van der Waals surface area contributed by atoms with E-state index in [-0.39, 0.29) is 11.9 Å². The Bertz CT molecular complexity index is 554. The van der Waals surface area contributed by atoms with Crippen molar-refractivity contribution >= 4 is 37.7 Å². The molecule has 0 spiro atoms. The maximum atomic E-state index is 13.7. The van der Waals surface area contributed by atoms with Crippen LogP contribution in [0.4, 0.5) is 10.2 Å². The molecule has 2 rings (SSSR count). The number of nitrogen functional groups attached to an aromatic ring is 1. The molecule has 1 heterocycles. The highest BCUT2D eigenvalue weighted by Crippen LogP contribution is 2.28. The van der Waals surface area contributed by atoms with Crippen molar-refractivity contribution in [1.29, 1.82) is 0 Å². The summed E-state index contributed by atoms with van der Waals surface area (Å²) in [7, 11) is 0. The second-order valence-electron chi connectivity index (χ2n) is 3.66. The number of anilines is 1. The first-order valence-corrected chi connectivity index (χ1v) is 6.52. The molecule has 0 fully saturated rings. The van der Waals surface area contributed by atoms with Gasteiger partial charge in [0.1, 0.15) is 11.6 Å². The van der Waals surface area contributed by atoms with E-state index < -0.39 is 0 Å². The molecule has 1 aromatic heterocycles. The fourth-order valence-electron chi connectivity index (χ4n) is 1.63. The van der Waals surface area contributed by atoms with Crippen LogP contribution in [0.5, 0.6) is 0 Å². The second kappa shape index (κ2) is 4.78. The van der Waals surface area contributed by atoms with Crippen LogP contribution < -0.4 is 5.73 Å². The van der Waals surface area contributed by atoms with E-state index in [4.69, 9.17) is 5.73 Å². The minimum atomic E-state index is -0.272. The van der Waals surface area contributed by atoms with Gasteiger partial charge in [-0.25, -0.2) is 9.07 Å². The van der Waals surface area contributed by atoms with Gasteiger partial charge < -0.3 is 5.73 Å². The van der Waals surface area contributed by atoms with Gasteiger partial charge in [-0.2, -0.15) is 5.10 Å². The maximum absolute atomic E-state index is 13.7. The lowest BCUT2D eigenvalue weighted by molar-refractivity contribution is 0.526. The monoisotopic (exact) mass is 361 g/mol. The average molecular weight is 363 g/mol. The molecular formula is C11H10Br2FN3. The van der Waals surface area contributed by atoms with Gasteiger partial charge in [0, 0.05) is 10.0 Å². The Morgan fingerprint density at radius 2 is 2.12 bits per heavy atom. The van der Waals surface area contributed by atoms with Crippen molar-refractivity contribution in [3.8, 4) is 0 Å². The highest BCUT2D eigenvalue weighted by molar-refractivity contribution is 9.10. The predicted molar refractivity (Wildman–Crippen MR) is 72.3 cm³/mol. The summed E-state index contributed by atoms with van der Waals surface area (Å²) < 4.78 is 16.8. The fourth-order valence-corrected chi connectivity index (χ4v) is 2.28. The standard InChI is InChI=1S/C11H10Br2FN3/c1-6(17-11(15)9(13)5-16-17)8-4-7(12)2-3-10(8)14/h2-6H,15H2,1H3. The molecular weight excluding hydrogens is 353 g/mol. The molecule has 0 aliphatic carbocycles. The van der Waals surface area contributed by atoms with Crippen LogP contribution in [0.15, 0.2) is 33.3 Å². The van der Waals surface area contributed by atoms with Gasteiger partial charge in [0.2, 0.25) is 0 Å². The lowest BCUT2D eigenvalue weighted by atomic mass is 10.1. The summed E-state index contributed by atoms with van der Waals surface area (Å²) in [4.78, 5) is 0. The maximum Gasteiger partial charge on any atom is 0.136 e. The summed E-state index contributed by atoms with van der Waals surface area (Å²) in [6.45, 7) is 1.85. The fraction of sp³-hybridized carbons (Fsp3) is 0.182. The van der Waals surface area contributed by atoms with Gasteiger partial charge in [0.05, 0.1) is 16.7 Å². The molecule has 3 nitrogen and oxygen atoms in total. The van der Waals surface area contributed by atoms with Crippen molar-refractivity contribution in [2.24, 2.45) is 0 Å². The smallest absolute Gasteiger partial charge is 0.136 e. The summed E-state index contributed by atoms with van der Waals surface area (Å²) >= 11 is 6.60. The molecule has 0 bridgehead atoms. The summed E-state index contributed by atoms with van der Waals surface area (Å²) in [6, 6.07) is 4.55. The van der Waals surface area contributed by atoms with Crippen LogP contribution in [0.25, 0.3) is 0 Å². The Morgan fingerprint density at radius 3 is 2.71 bits per heavy atom. The summed E-state index contributed by atoms with van der Waals surface area (Å²) in [5.74, 6) is 0.212. The highest BCUT2D eigenvalue weighted by Gasteiger charge is 2.17. The number of benzene rings is 1. The normalized spacial score (nSPS) is 12.7. The van der Waals surface area contributed by atoms with Gasteiger partial charge in [-0.3, -0.25) is 0 Å². The van der Waals surface area contributed by atoms with Crippen LogP contribution in [0.2, 0.25) is 0 Å². The van der Waals surface area contributed by atoms with Crippen molar-refractivity contribution in [3.05, 3.63) is 44.7 Å². The summed E-state index contributed by atoms with van der Waals surface area (Å²) in [5.41, 5.74) is 6.39. The van der Waals surface area contributed by atoms with Crippen molar-refractivity contribution in [2.75, 3.05) is 5.73 Å². The molecule has 0 saturated carbocycles. The number of hydrogen-bond donors (Lipinski definition) is 1. The first kappa shape index (κ1) is 12.6. The van der Waals surface area contributed by atoms with Crippen molar-refractivity contribution < 1.29 is 4.39 Å². The topological polar surface area (TPSA) is 43.8 Å². The second-order valence-corrected chi connectivity index (χ2v) is 5.43. The Labute approximate surface area is 115 Å². The quantitative estimate of drug-likeness (QED) is 0.884. The number of rotatable bonds is 2. The average Bonchev–Trinajstić information content (AvgIpc) is 2.62. The van der Waals surface area contributed by atoms with Crippen LogP contribution in [0, 0.1) is 5.82 Å². The van der Waals surface area contributed by atoms with E-state index in [0.717, 1.165) is 4.47 Å². The molecule has 0 amide bonds.